The molecule has 1 unspecified atom stereocenters. The molecule has 2 rings (SSSR count). The van der Waals surface area contributed by atoms with E-state index in [1.54, 1.807) is 26.4 Å². The molecule has 1 fully saturated rings. The number of carbonyl (C=O) groups is 2. The highest BCUT2D eigenvalue weighted by molar-refractivity contribution is 5.92. The summed E-state index contributed by atoms with van der Waals surface area (Å²) in [5.74, 6) is 1.29. The van der Waals surface area contributed by atoms with Crippen LogP contribution in [0.25, 0.3) is 0 Å². The second-order valence-electron chi connectivity index (χ2n) is 5.19. The van der Waals surface area contributed by atoms with E-state index in [0.717, 1.165) is 36.9 Å². The molecule has 1 atom stereocenters. The van der Waals surface area contributed by atoms with Gasteiger partial charge in [0.2, 0.25) is 0 Å². The normalized spacial score (nSPS) is 16.1. The zero-order valence-electron chi connectivity index (χ0n) is 15.2. The maximum atomic E-state index is 11.5. The van der Waals surface area contributed by atoms with Crippen molar-refractivity contribution in [3.05, 3.63) is 23.5 Å². The number of methoxy groups -OCH3 is 1. The van der Waals surface area contributed by atoms with E-state index in [1.165, 1.54) is 6.42 Å². The van der Waals surface area contributed by atoms with Gasteiger partial charge in [-0.2, -0.15) is 0 Å². The number of likely N-dealkylation sites (tertiary alicyclic amines) is 1. The van der Waals surface area contributed by atoms with Crippen LogP contribution in [0, 0.1) is 5.92 Å². The first-order valence-electron chi connectivity index (χ1n) is 8.10. The second kappa shape index (κ2) is 12.3. The lowest BCUT2D eigenvalue weighted by atomic mass is 10.2. The van der Waals surface area contributed by atoms with Gasteiger partial charge in [0.1, 0.15) is 11.4 Å². The molecular formula is C17H29N3O4. The summed E-state index contributed by atoms with van der Waals surface area (Å²) in [5.41, 5.74) is 1.42. The van der Waals surface area contributed by atoms with Crippen molar-refractivity contribution in [2.75, 3.05) is 27.2 Å². The molecule has 0 bridgehead atoms. The van der Waals surface area contributed by atoms with Gasteiger partial charge in [-0.1, -0.05) is 20.8 Å². The smallest absolute Gasteiger partial charge is 0.290 e. The Bertz CT molecular complexity index is 509. The number of carboxylic acid groups (broad SMARTS) is 1. The van der Waals surface area contributed by atoms with Crippen LogP contribution in [0.5, 0.6) is 5.75 Å². The van der Waals surface area contributed by atoms with E-state index in [2.05, 4.69) is 22.1 Å². The summed E-state index contributed by atoms with van der Waals surface area (Å²) in [6.07, 6.45) is 2.98. The van der Waals surface area contributed by atoms with E-state index in [4.69, 9.17) is 14.6 Å². The number of nitrogens with one attached hydrogen (secondary N) is 1. The van der Waals surface area contributed by atoms with Crippen LogP contribution in [-0.4, -0.2) is 54.6 Å². The monoisotopic (exact) mass is 339 g/mol. The van der Waals surface area contributed by atoms with Gasteiger partial charge >= 0.3 is 0 Å². The fourth-order valence-electron chi connectivity index (χ4n) is 2.44. The Morgan fingerprint density at radius 1 is 1.54 bits per heavy atom. The number of nitrogens with zero attached hydrogens (tertiary/aromatic N) is 2. The van der Waals surface area contributed by atoms with E-state index in [-0.39, 0.29) is 12.4 Å². The minimum atomic E-state index is -0.250. The van der Waals surface area contributed by atoms with E-state index < -0.39 is 0 Å². The molecule has 1 aliphatic rings. The van der Waals surface area contributed by atoms with Crippen LogP contribution in [0.15, 0.2) is 12.3 Å². The van der Waals surface area contributed by atoms with Gasteiger partial charge in [-0.05, 0) is 18.9 Å². The Kier molecular flexibility index (Phi) is 11.2. The number of carbonyl (C=O) groups excluding carboxylic acids is 1. The average molecular weight is 339 g/mol. The molecule has 7 nitrogen and oxygen atoms in total. The summed E-state index contributed by atoms with van der Waals surface area (Å²) in [6.45, 7) is 9.07. The lowest BCUT2D eigenvalue weighted by Gasteiger charge is -2.17. The third-order valence-electron chi connectivity index (χ3n) is 3.53. The van der Waals surface area contributed by atoms with Crippen molar-refractivity contribution in [2.24, 2.45) is 5.92 Å². The molecule has 1 saturated heterocycles. The Hall–Kier alpha value is -2.15. The highest BCUT2D eigenvalue weighted by atomic mass is 16.5. The zero-order valence-corrected chi connectivity index (χ0v) is 15.2. The molecular weight excluding hydrogens is 310 g/mol. The van der Waals surface area contributed by atoms with E-state index in [1.807, 2.05) is 13.8 Å². The van der Waals surface area contributed by atoms with E-state index in [9.17, 15) is 4.79 Å². The number of aromatic nitrogens is 1. The molecule has 7 heteroatoms. The first-order valence-corrected chi connectivity index (χ1v) is 8.10. The van der Waals surface area contributed by atoms with Crippen molar-refractivity contribution in [2.45, 2.75) is 33.7 Å². The number of hydrogen-bond donors (Lipinski definition) is 2. The van der Waals surface area contributed by atoms with Crippen LogP contribution in [-0.2, 0) is 11.3 Å². The van der Waals surface area contributed by atoms with Crippen LogP contribution in [0.2, 0.25) is 0 Å². The van der Waals surface area contributed by atoms with E-state index in [0.29, 0.717) is 5.69 Å². The Morgan fingerprint density at radius 2 is 2.17 bits per heavy atom. The molecule has 2 N–H and O–H groups in total. The number of hydrogen-bond acceptors (Lipinski definition) is 5. The van der Waals surface area contributed by atoms with Crippen molar-refractivity contribution >= 4 is 12.4 Å². The second-order valence-corrected chi connectivity index (χ2v) is 5.19. The third kappa shape index (κ3) is 6.95. The van der Waals surface area contributed by atoms with Gasteiger partial charge in [-0.3, -0.25) is 19.5 Å². The summed E-state index contributed by atoms with van der Waals surface area (Å²) in [7, 11) is 3.22. The van der Waals surface area contributed by atoms with Crippen molar-refractivity contribution in [3.63, 3.8) is 0 Å². The predicted octanol–water partition coefficient (Wildman–Crippen LogP) is 2.02. The van der Waals surface area contributed by atoms with E-state index >= 15 is 0 Å². The van der Waals surface area contributed by atoms with Crippen LogP contribution in [0.3, 0.4) is 0 Å². The first-order chi connectivity index (χ1) is 11.5. The summed E-state index contributed by atoms with van der Waals surface area (Å²) >= 11 is 0. The molecule has 1 aromatic rings. The predicted molar refractivity (Wildman–Crippen MR) is 93.3 cm³/mol. The molecule has 0 aliphatic carbocycles. The minimum absolute atomic E-state index is 0.195. The molecule has 24 heavy (non-hydrogen) atoms. The van der Waals surface area contributed by atoms with Crippen molar-refractivity contribution < 1.29 is 19.4 Å². The first kappa shape index (κ1) is 21.9. The van der Waals surface area contributed by atoms with Gasteiger partial charge in [0.15, 0.2) is 0 Å². The van der Waals surface area contributed by atoms with Crippen LogP contribution in [0.4, 0.5) is 0 Å². The third-order valence-corrected chi connectivity index (χ3v) is 3.53. The minimum Gasteiger partial charge on any atom is -0.496 e. The number of pyridine rings is 1. The average Bonchev–Trinajstić information content (AvgIpc) is 3.02. The van der Waals surface area contributed by atoms with Crippen molar-refractivity contribution in [1.29, 1.82) is 0 Å². The van der Waals surface area contributed by atoms with Gasteiger partial charge < -0.3 is 15.2 Å². The summed E-state index contributed by atoms with van der Waals surface area (Å²) in [6, 6.07) is 1.70. The van der Waals surface area contributed by atoms with Crippen LogP contribution >= 0.6 is 0 Å². The lowest BCUT2D eigenvalue weighted by molar-refractivity contribution is -0.122. The SMILES string of the molecule is CC.CNC(=O)c1cc(OC)c(CN2CCC(C)C2)cn1.O=CO. The van der Waals surface area contributed by atoms with Crippen molar-refractivity contribution in [1.82, 2.24) is 15.2 Å². The molecule has 2 heterocycles. The van der Waals surface area contributed by atoms with Gasteiger partial charge in [-0.15, -0.1) is 0 Å². The lowest BCUT2D eigenvalue weighted by Crippen LogP contribution is -2.22. The number of ether oxygens (including phenoxy) is 1. The van der Waals surface area contributed by atoms with Crippen LogP contribution < -0.4 is 10.1 Å². The molecule has 0 saturated carbocycles. The highest BCUT2D eigenvalue weighted by Gasteiger charge is 2.20. The quantitative estimate of drug-likeness (QED) is 0.816. The van der Waals surface area contributed by atoms with Crippen LogP contribution in [0.1, 0.15) is 43.2 Å². The van der Waals surface area contributed by atoms with Gasteiger partial charge in [0.25, 0.3) is 12.4 Å². The standard InChI is InChI=1S/C14H21N3O2.C2H6.CH2O2/c1-10-4-5-17(8-10)9-11-7-16-12(14(18)15-2)6-13(11)19-3;1-2;2-1-3/h6-7,10H,4-5,8-9H2,1-3H3,(H,15,18);1-2H3;1H,(H,2,3). The molecule has 0 aromatic carbocycles. The molecule has 1 amide bonds. The topological polar surface area (TPSA) is 91.8 Å². The Morgan fingerprint density at radius 3 is 2.62 bits per heavy atom. The summed E-state index contributed by atoms with van der Waals surface area (Å²) in [5, 5.41) is 9.45. The fraction of sp³-hybridized carbons (Fsp3) is 0.588. The number of amides is 1. The van der Waals surface area contributed by atoms with Gasteiger partial charge in [-0.25, -0.2) is 0 Å². The maximum Gasteiger partial charge on any atom is 0.290 e. The fourth-order valence-corrected chi connectivity index (χ4v) is 2.44. The molecule has 1 aromatic heterocycles. The van der Waals surface area contributed by atoms with Gasteiger partial charge in [0, 0.05) is 38.0 Å². The van der Waals surface area contributed by atoms with Crippen molar-refractivity contribution in [3.8, 4) is 5.75 Å². The Labute approximate surface area is 144 Å². The zero-order chi connectivity index (χ0) is 18.5. The molecule has 136 valence electrons. The molecule has 0 spiro atoms. The maximum absolute atomic E-state index is 11.5. The summed E-state index contributed by atoms with van der Waals surface area (Å²) in [4.78, 5) is 26.5. The molecule has 0 radical (unpaired) electrons. The Balaban J connectivity index is 0.000000952. The molecule has 1 aliphatic heterocycles. The van der Waals surface area contributed by atoms with Gasteiger partial charge in [0.05, 0.1) is 7.11 Å². The number of rotatable bonds is 4. The largest absolute Gasteiger partial charge is 0.496 e. The highest BCUT2D eigenvalue weighted by Crippen LogP contribution is 2.23. The summed E-state index contributed by atoms with van der Waals surface area (Å²) < 4.78 is 5.37.